The van der Waals surface area contributed by atoms with E-state index in [1.807, 2.05) is 37.4 Å². The van der Waals surface area contributed by atoms with Crippen LogP contribution in [-0.4, -0.2) is 52.2 Å². The lowest BCUT2D eigenvalue weighted by molar-refractivity contribution is 0.252. The molecule has 2 aromatic heterocycles. The number of nitrogens with zero attached hydrogens (tertiary/aromatic N) is 5. The van der Waals surface area contributed by atoms with Gasteiger partial charge in [-0.15, -0.1) is 0 Å². The van der Waals surface area contributed by atoms with Gasteiger partial charge in [0.1, 0.15) is 11.6 Å². The number of fused-ring (bicyclic) bond motifs is 2. The van der Waals surface area contributed by atoms with Gasteiger partial charge in [-0.3, -0.25) is 14.3 Å². The number of unbranched alkanes of at least 4 members (excludes halogenated alkanes) is 1. The minimum atomic E-state index is 0.0454. The van der Waals surface area contributed by atoms with Gasteiger partial charge in [0.25, 0.3) is 5.56 Å². The molecule has 0 spiro atoms. The number of aryl methyl sites for hydroxylation is 1. The Morgan fingerprint density at radius 2 is 1.56 bits per heavy atom. The highest BCUT2D eigenvalue weighted by Crippen LogP contribution is 2.19. The number of piperazine rings is 1. The SMILES string of the molecule is Cn1c(CCCCN2CCN(c3ccc4ccccc4n3)CC2)nc2ccccc2c1=O. The maximum absolute atomic E-state index is 12.6. The molecule has 0 aliphatic carbocycles. The zero-order valence-electron chi connectivity index (χ0n) is 18.6. The number of hydrogen-bond acceptors (Lipinski definition) is 5. The Morgan fingerprint density at radius 1 is 0.812 bits per heavy atom. The molecule has 1 aliphatic rings. The molecule has 0 radical (unpaired) electrons. The second kappa shape index (κ2) is 9.09. The van der Waals surface area contributed by atoms with Gasteiger partial charge in [0, 0.05) is 45.0 Å². The molecule has 0 bridgehead atoms. The summed E-state index contributed by atoms with van der Waals surface area (Å²) < 4.78 is 1.71. The van der Waals surface area contributed by atoms with Crippen molar-refractivity contribution in [1.82, 2.24) is 19.4 Å². The van der Waals surface area contributed by atoms with Gasteiger partial charge in [-0.05, 0) is 49.7 Å². The number of aromatic nitrogens is 3. The van der Waals surface area contributed by atoms with E-state index in [0.29, 0.717) is 5.39 Å². The lowest BCUT2D eigenvalue weighted by Gasteiger charge is -2.35. The largest absolute Gasteiger partial charge is 0.354 e. The predicted molar refractivity (Wildman–Crippen MR) is 130 cm³/mol. The zero-order valence-corrected chi connectivity index (χ0v) is 18.6. The van der Waals surface area contributed by atoms with Crippen LogP contribution in [0.1, 0.15) is 18.7 Å². The monoisotopic (exact) mass is 427 g/mol. The molecule has 6 heteroatoms. The van der Waals surface area contributed by atoms with Crippen molar-refractivity contribution in [3.05, 3.63) is 76.8 Å². The first-order valence-electron chi connectivity index (χ1n) is 11.5. The standard InChI is InChI=1S/C26H29N5O/c1-29-24(28-23-11-5-3-9-21(23)26(29)32)12-6-7-15-30-16-18-31(19-17-30)25-14-13-20-8-2-4-10-22(20)27-25/h2-5,8-11,13-14H,6-7,12,15-19H2,1H3. The predicted octanol–water partition coefficient (Wildman–Crippen LogP) is 3.63. The van der Waals surface area contributed by atoms with Crippen LogP contribution in [-0.2, 0) is 13.5 Å². The Bertz CT molecular complexity index is 1290. The molecule has 164 valence electrons. The van der Waals surface area contributed by atoms with Crippen molar-refractivity contribution < 1.29 is 0 Å². The van der Waals surface area contributed by atoms with Crippen LogP contribution < -0.4 is 10.5 Å². The third-order valence-electron chi connectivity index (χ3n) is 6.48. The summed E-state index contributed by atoms with van der Waals surface area (Å²) in [6, 6.07) is 20.2. The Kier molecular flexibility index (Phi) is 5.86. The molecule has 0 N–H and O–H groups in total. The molecule has 2 aromatic carbocycles. The van der Waals surface area contributed by atoms with E-state index in [4.69, 9.17) is 9.97 Å². The Balaban J connectivity index is 1.12. The normalized spacial score (nSPS) is 15.0. The highest BCUT2D eigenvalue weighted by Gasteiger charge is 2.18. The van der Waals surface area contributed by atoms with Crippen molar-refractivity contribution in [3.8, 4) is 0 Å². The minimum Gasteiger partial charge on any atom is -0.354 e. The number of rotatable bonds is 6. The zero-order chi connectivity index (χ0) is 21.9. The smallest absolute Gasteiger partial charge is 0.261 e. The van der Waals surface area contributed by atoms with Crippen molar-refractivity contribution in [2.75, 3.05) is 37.6 Å². The molecule has 4 aromatic rings. The first-order valence-corrected chi connectivity index (χ1v) is 11.5. The van der Waals surface area contributed by atoms with Gasteiger partial charge in [0.15, 0.2) is 0 Å². The molecule has 32 heavy (non-hydrogen) atoms. The van der Waals surface area contributed by atoms with Crippen LogP contribution in [0.3, 0.4) is 0 Å². The number of anilines is 1. The second-order valence-corrected chi connectivity index (χ2v) is 8.56. The maximum Gasteiger partial charge on any atom is 0.261 e. The van der Waals surface area contributed by atoms with E-state index in [9.17, 15) is 4.79 Å². The Labute approximate surface area is 188 Å². The van der Waals surface area contributed by atoms with Crippen LogP contribution >= 0.6 is 0 Å². The van der Waals surface area contributed by atoms with E-state index in [1.54, 1.807) is 4.57 Å². The fourth-order valence-corrected chi connectivity index (χ4v) is 4.54. The lowest BCUT2D eigenvalue weighted by Crippen LogP contribution is -2.46. The summed E-state index contributed by atoms with van der Waals surface area (Å²) in [7, 11) is 1.83. The van der Waals surface area contributed by atoms with Gasteiger partial charge in [0.05, 0.1) is 16.4 Å². The Hall–Kier alpha value is -3.25. The fraction of sp³-hybridized carbons (Fsp3) is 0.346. The van der Waals surface area contributed by atoms with Gasteiger partial charge < -0.3 is 4.90 Å². The molecule has 5 rings (SSSR count). The molecule has 1 aliphatic heterocycles. The van der Waals surface area contributed by atoms with E-state index < -0.39 is 0 Å². The van der Waals surface area contributed by atoms with Crippen molar-refractivity contribution in [1.29, 1.82) is 0 Å². The average Bonchev–Trinajstić information content (AvgIpc) is 2.85. The van der Waals surface area contributed by atoms with E-state index in [0.717, 1.165) is 74.7 Å². The van der Waals surface area contributed by atoms with E-state index in [1.165, 1.54) is 5.39 Å². The first kappa shape index (κ1) is 20.6. The van der Waals surface area contributed by atoms with E-state index in [2.05, 4.69) is 40.1 Å². The van der Waals surface area contributed by atoms with Crippen LogP contribution in [0.25, 0.3) is 21.8 Å². The molecule has 6 nitrogen and oxygen atoms in total. The highest BCUT2D eigenvalue weighted by molar-refractivity contribution is 5.80. The molecule has 0 atom stereocenters. The van der Waals surface area contributed by atoms with Gasteiger partial charge >= 0.3 is 0 Å². The van der Waals surface area contributed by atoms with Crippen LogP contribution in [0.2, 0.25) is 0 Å². The molecular weight excluding hydrogens is 398 g/mol. The number of para-hydroxylation sites is 2. The topological polar surface area (TPSA) is 54.3 Å². The van der Waals surface area contributed by atoms with Crippen molar-refractivity contribution in [3.63, 3.8) is 0 Å². The molecule has 0 saturated carbocycles. The molecule has 0 amide bonds. The van der Waals surface area contributed by atoms with E-state index >= 15 is 0 Å². The summed E-state index contributed by atoms with van der Waals surface area (Å²) in [5, 5.41) is 1.88. The quantitative estimate of drug-likeness (QED) is 0.440. The van der Waals surface area contributed by atoms with Crippen molar-refractivity contribution in [2.45, 2.75) is 19.3 Å². The van der Waals surface area contributed by atoms with Crippen molar-refractivity contribution >= 4 is 27.6 Å². The molecule has 1 fully saturated rings. The third-order valence-corrected chi connectivity index (χ3v) is 6.48. The van der Waals surface area contributed by atoms with E-state index in [-0.39, 0.29) is 5.56 Å². The summed E-state index contributed by atoms with van der Waals surface area (Å²) in [4.78, 5) is 27.0. The highest BCUT2D eigenvalue weighted by atomic mass is 16.1. The number of benzene rings is 2. The van der Waals surface area contributed by atoms with Crippen LogP contribution in [0.4, 0.5) is 5.82 Å². The fourth-order valence-electron chi connectivity index (χ4n) is 4.54. The summed E-state index contributed by atoms with van der Waals surface area (Å²) in [5.74, 6) is 1.95. The van der Waals surface area contributed by atoms with Gasteiger partial charge in [0.2, 0.25) is 0 Å². The van der Waals surface area contributed by atoms with Crippen molar-refractivity contribution in [2.24, 2.45) is 7.05 Å². The maximum atomic E-state index is 12.6. The third kappa shape index (κ3) is 4.23. The van der Waals surface area contributed by atoms with Crippen LogP contribution in [0, 0.1) is 0 Å². The van der Waals surface area contributed by atoms with Crippen LogP contribution in [0.5, 0.6) is 0 Å². The van der Waals surface area contributed by atoms with Gasteiger partial charge in [-0.2, -0.15) is 0 Å². The molecule has 3 heterocycles. The molecule has 1 saturated heterocycles. The minimum absolute atomic E-state index is 0.0454. The summed E-state index contributed by atoms with van der Waals surface area (Å²) >= 11 is 0. The Morgan fingerprint density at radius 3 is 2.41 bits per heavy atom. The average molecular weight is 428 g/mol. The van der Waals surface area contributed by atoms with Crippen LogP contribution in [0.15, 0.2) is 65.5 Å². The summed E-state index contributed by atoms with van der Waals surface area (Å²) in [6.45, 7) is 5.21. The molecular formula is C26H29N5O. The second-order valence-electron chi connectivity index (χ2n) is 8.56. The van der Waals surface area contributed by atoms with Gasteiger partial charge in [-0.25, -0.2) is 9.97 Å². The lowest BCUT2D eigenvalue weighted by atomic mass is 10.2. The van der Waals surface area contributed by atoms with Gasteiger partial charge in [-0.1, -0.05) is 30.3 Å². The first-order chi connectivity index (χ1) is 15.7. The number of pyridine rings is 1. The number of hydrogen-bond donors (Lipinski definition) is 0. The molecule has 0 unspecified atom stereocenters. The summed E-state index contributed by atoms with van der Waals surface area (Å²) in [6.07, 6.45) is 2.97. The summed E-state index contributed by atoms with van der Waals surface area (Å²) in [5.41, 5.74) is 1.90.